The van der Waals surface area contributed by atoms with Gasteiger partial charge in [0.25, 0.3) is 0 Å². The van der Waals surface area contributed by atoms with E-state index in [0.29, 0.717) is 17.9 Å². The summed E-state index contributed by atoms with van der Waals surface area (Å²) < 4.78 is 6.38. The number of aryl methyl sites for hydroxylation is 1. The van der Waals surface area contributed by atoms with Gasteiger partial charge in [-0.3, -0.25) is 0 Å². The van der Waals surface area contributed by atoms with E-state index in [1.165, 1.54) is 22.8 Å². The lowest BCUT2D eigenvalue weighted by atomic mass is 10.2. The highest BCUT2D eigenvalue weighted by Gasteiger charge is 2.08. The molecule has 0 aliphatic carbocycles. The Balaban J connectivity index is 2.07. The average Bonchev–Trinajstić information content (AvgIpc) is 2.57. The fourth-order valence-corrected chi connectivity index (χ4v) is 2.87. The first-order valence-corrected chi connectivity index (χ1v) is 9.27. The molecule has 0 saturated heterocycles. The zero-order chi connectivity index (χ0) is 17.4. The van der Waals surface area contributed by atoms with Gasteiger partial charge in [-0.1, -0.05) is 26.2 Å². The molecule has 2 N–H and O–H groups in total. The van der Waals surface area contributed by atoms with Gasteiger partial charge >= 0.3 is 6.01 Å². The predicted molar refractivity (Wildman–Crippen MR) is 106 cm³/mol. The standard InChI is InChI=1S/C17H24IN5O/c1-4-5-6-7-10-19-15-21-16(23-17(22-15)24-3)20-14-9-8-13(18)11-12(14)2/h8-9,11H,4-7,10H2,1-3H3,(H2,19,20,21,22,23). The van der Waals surface area contributed by atoms with Gasteiger partial charge in [0, 0.05) is 15.8 Å². The molecular formula is C17H24IN5O. The molecule has 24 heavy (non-hydrogen) atoms. The Labute approximate surface area is 157 Å². The van der Waals surface area contributed by atoms with Crippen molar-refractivity contribution >= 4 is 40.2 Å². The predicted octanol–water partition coefficient (Wildman–Crippen LogP) is 4.53. The Morgan fingerprint density at radius 1 is 1.08 bits per heavy atom. The van der Waals surface area contributed by atoms with Crippen molar-refractivity contribution in [2.45, 2.75) is 39.5 Å². The maximum Gasteiger partial charge on any atom is 0.322 e. The molecule has 2 rings (SSSR count). The molecule has 0 aliphatic rings. The molecule has 0 amide bonds. The molecule has 2 aromatic rings. The number of halogens is 1. The first-order valence-electron chi connectivity index (χ1n) is 8.19. The molecule has 0 atom stereocenters. The van der Waals surface area contributed by atoms with Crippen LogP contribution in [0.5, 0.6) is 6.01 Å². The number of nitrogens with one attached hydrogen (secondary N) is 2. The molecule has 0 bridgehead atoms. The van der Waals surface area contributed by atoms with Gasteiger partial charge in [0.05, 0.1) is 7.11 Å². The summed E-state index contributed by atoms with van der Waals surface area (Å²) in [5, 5.41) is 6.48. The Bertz CT molecular complexity index is 665. The highest BCUT2D eigenvalue weighted by atomic mass is 127. The van der Waals surface area contributed by atoms with E-state index < -0.39 is 0 Å². The molecule has 0 unspecified atom stereocenters. The van der Waals surface area contributed by atoms with E-state index >= 15 is 0 Å². The van der Waals surface area contributed by atoms with E-state index in [1.807, 2.05) is 12.1 Å². The minimum absolute atomic E-state index is 0.298. The number of rotatable bonds is 9. The first-order chi connectivity index (χ1) is 11.6. The Morgan fingerprint density at radius 2 is 1.88 bits per heavy atom. The molecule has 0 spiro atoms. The number of unbranched alkanes of at least 4 members (excludes halogenated alkanes) is 3. The van der Waals surface area contributed by atoms with Gasteiger partial charge < -0.3 is 15.4 Å². The monoisotopic (exact) mass is 441 g/mol. The summed E-state index contributed by atoms with van der Waals surface area (Å²) in [6, 6.07) is 6.47. The molecule has 6 nitrogen and oxygen atoms in total. The van der Waals surface area contributed by atoms with Crippen LogP contribution in [0.4, 0.5) is 17.6 Å². The van der Waals surface area contributed by atoms with E-state index in [-0.39, 0.29) is 0 Å². The van der Waals surface area contributed by atoms with E-state index in [1.54, 1.807) is 7.11 Å². The normalized spacial score (nSPS) is 10.5. The number of ether oxygens (including phenoxy) is 1. The Hall–Kier alpha value is -1.64. The summed E-state index contributed by atoms with van der Waals surface area (Å²) in [6.07, 6.45) is 4.78. The number of aromatic nitrogens is 3. The van der Waals surface area contributed by atoms with Crippen LogP contribution < -0.4 is 15.4 Å². The van der Waals surface area contributed by atoms with Gasteiger partial charge in [-0.2, -0.15) is 15.0 Å². The van der Waals surface area contributed by atoms with Gasteiger partial charge in [-0.05, 0) is 59.7 Å². The van der Waals surface area contributed by atoms with Crippen LogP contribution in [0, 0.1) is 10.5 Å². The van der Waals surface area contributed by atoms with Crippen LogP contribution in [0.2, 0.25) is 0 Å². The fraction of sp³-hybridized carbons (Fsp3) is 0.471. The number of hydrogen-bond acceptors (Lipinski definition) is 6. The van der Waals surface area contributed by atoms with Crippen molar-refractivity contribution in [3.63, 3.8) is 0 Å². The van der Waals surface area contributed by atoms with Gasteiger partial charge in [-0.15, -0.1) is 0 Å². The van der Waals surface area contributed by atoms with E-state index in [0.717, 1.165) is 24.2 Å². The van der Waals surface area contributed by atoms with Crippen LogP contribution >= 0.6 is 22.6 Å². The average molecular weight is 441 g/mol. The molecule has 0 fully saturated rings. The van der Waals surface area contributed by atoms with E-state index in [2.05, 4.69) is 68.1 Å². The van der Waals surface area contributed by atoms with Gasteiger partial charge in [-0.25, -0.2) is 0 Å². The van der Waals surface area contributed by atoms with Crippen molar-refractivity contribution in [2.24, 2.45) is 0 Å². The van der Waals surface area contributed by atoms with Crippen LogP contribution in [-0.2, 0) is 0 Å². The number of hydrogen-bond donors (Lipinski definition) is 2. The topological polar surface area (TPSA) is 72.0 Å². The molecule has 130 valence electrons. The lowest BCUT2D eigenvalue weighted by Gasteiger charge is -2.11. The second-order valence-corrected chi connectivity index (χ2v) is 6.79. The maximum atomic E-state index is 5.18. The number of nitrogens with zero attached hydrogens (tertiary/aromatic N) is 3. The first kappa shape index (κ1) is 18.7. The summed E-state index contributed by atoms with van der Waals surface area (Å²) in [4.78, 5) is 13.0. The van der Waals surface area contributed by atoms with Crippen LogP contribution in [0.25, 0.3) is 0 Å². The smallest absolute Gasteiger partial charge is 0.322 e. The minimum Gasteiger partial charge on any atom is -0.467 e. The molecule has 0 aliphatic heterocycles. The van der Waals surface area contributed by atoms with Gasteiger partial charge in [0.1, 0.15) is 0 Å². The number of methoxy groups -OCH3 is 1. The molecule has 0 saturated carbocycles. The third-order valence-electron chi connectivity index (χ3n) is 3.55. The molecule has 1 aromatic heterocycles. The van der Waals surface area contributed by atoms with Gasteiger partial charge in [0.2, 0.25) is 11.9 Å². The quantitative estimate of drug-likeness (QED) is 0.440. The highest BCUT2D eigenvalue weighted by Crippen LogP contribution is 2.22. The lowest BCUT2D eigenvalue weighted by Crippen LogP contribution is -2.09. The van der Waals surface area contributed by atoms with Crippen LogP contribution in [-0.4, -0.2) is 28.6 Å². The molecule has 1 heterocycles. The zero-order valence-corrected chi connectivity index (χ0v) is 16.6. The van der Waals surface area contributed by atoms with Gasteiger partial charge in [0.15, 0.2) is 0 Å². The summed E-state index contributed by atoms with van der Waals surface area (Å²) in [5.74, 6) is 1.01. The number of benzene rings is 1. The van der Waals surface area contributed by atoms with E-state index in [9.17, 15) is 0 Å². The van der Waals surface area contributed by atoms with Crippen molar-refractivity contribution in [2.75, 3.05) is 24.3 Å². The zero-order valence-electron chi connectivity index (χ0n) is 14.4. The third kappa shape index (κ3) is 5.77. The third-order valence-corrected chi connectivity index (χ3v) is 4.22. The summed E-state index contributed by atoms with van der Waals surface area (Å²) >= 11 is 2.30. The second kappa shape index (κ2) is 9.61. The van der Waals surface area contributed by atoms with Crippen LogP contribution in [0.15, 0.2) is 18.2 Å². The molecular weight excluding hydrogens is 417 g/mol. The largest absolute Gasteiger partial charge is 0.467 e. The highest BCUT2D eigenvalue weighted by molar-refractivity contribution is 14.1. The molecule has 7 heteroatoms. The SMILES string of the molecule is CCCCCCNc1nc(Nc2ccc(I)cc2C)nc(OC)n1. The van der Waals surface area contributed by atoms with Crippen LogP contribution in [0.1, 0.15) is 38.2 Å². The van der Waals surface area contributed by atoms with Crippen molar-refractivity contribution in [3.8, 4) is 6.01 Å². The van der Waals surface area contributed by atoms with Crippen molar-refractivity contribution in [3.05, 3.63) is 27.3 Å². The maximum absolute atomic E-state index is 5.18. The van der Waals surface area contributed by atoms with Crippen molar-refractivity contribution in [1.82, 2.24) is 15.0 Å². The van der Waals surface area contributed by atoms with E-state index in [4.69, 9.17) is 4.74 Å². The van der Waals surface area contributed by atoms with Crippen molar-refractivity contribution < 1.29 is 4.74 Å². The molecule has 1 aromatic carbocycles. The second-order valence-electron chi connectivity index (χ2n) is 5.54. The minimum atomic E-state index is 0.298. The van der Waals surface area contributed by atoms with Crippen molar-refractivity contribution in [1.29, 1.82) is 0 Å². The molecule has 0 radical (unpaired) electrons. The van der Waals surface area contributed by atoms with Crippen LogP contribution in [0.3, 0.4) is 0 Å². The number of anilines is 3. The lowest BCUT2D eigenvalue weighted by molar-refractivity contribution is 0.379. The summed E-state index contributed by atoms with van der Waals surface area (Å²) in [7, 11) is 1.56. The fourth-order valence-electron chi connectivity index (χ4n) is 2.22. The summed E-state index contributed by atoms with van der Waals surface area (Å²) in [6.45, 7) is 5.10. The Morgan fingerprint density at radius 3 is 2.58 bits per heavy atom. The Kier molecular flexibility index (Phi) is 7.48. The summed E-state index contributed by atoms with van der Waals surface area (Å²) in [5.41, 5.74) is 2.10.